The number of hydrogen-bond donors (Lipinski definition) is 1. The average molecular weight is 447 g/mol. The van der Waals surface area contributed by atoms with E-state index in [0.717, 1.165) is 29.5 Å². The van der Waals surface area contributed by atoms with Crippen LogP contribution in [-0.4, -0.2) is 37.6 Å². The molecule has 0 radical (unpaired) electrons. The summed E-state index contributed by atoms with van der Waals surface area (Å²) in [5.74, 6) is -1.06. The van der Waals surface area contributed by atoms with E-state index in [2.05, 4.69) is 5.32 Å². The first kappa shape index (κ1) is 21.0. The fraction of sp³-hybridized carbons (Fsp3) is 0.364. The molecule has 4 rings (SSSR count). The lowest BCUT2D eigenvalue weighted by Crippen LogP contribution is -2.39. The van der Waals surface area contributed by atoms with E-state index in [9.17, 15) is 18.0 Å². The van der Waals surface area contributed by atoms with Crippen LogP contribution in [0.15, 0.2) is 42.5 Å². The van der Waals surface area contributed by atoms with E-state index >= 15 is 0 Å². The molecule has 6 nitrogen and oxygen atoms in total. The number of benzene rings is 2. The molecular weight excluding hydrogens is 424 g/mol. The number of piperidine rings is 1. The van der Waals surface area contributed by atoms with E-state index in [1.165, 1.54) is 0 Å². The molecule has 2 aromatic rings. The average Bonchev–Trinajstić information content (AvgIpc) is 3.25. The van der Waals surface area contributed by atoms with E-state index < -0.39 is 15.9 Å². The second-order valence-electron chi connectivity index (χ2n) is 7.77. The predicted molar refractivity (Wildman–Crippen MR) is 115 cm³/mol. The van der Waals surface area contributed by atoms with E-state index in [1.807, 2.05) is 30.3 Å². The van der Waals surface area contributed by atoms with Gasteiger partial charge in [-0.25, -0.2) is 12.7 Å². The molecule has 2 amide bonds. The summed E-state index contributed by atoms with van der Waals surface area (Å²) >= 11 is 6.64. The number of carbonyl (C=O) groups excluding carboxylic acids is 2. The van der Waals surface area contributed by atoms with Gasteiger partial charge in [-0.1, -0.05) is 54.1 Å². The summed E-state index contributed by atoms with van der Waals surface area (Å²) in [4.78, 5) is 23.7. The Labute approximate surface area is 181 Å². The zero-order valence-corrected chi connectivity index (χ0v) is 18.0. The molecule has 0 spiro atoms. The van der Waals surface area contributed by atoms with Crippen LogP contribution in [0.2, 0.25) is 5.02 Å². The van der Waals surface area contributed by atoms with Crippen molar-refractivity contribution in [3.05, 3.63) is 58.6 Å². The zero-order valence-electron chi connectivity index (χ0n) is 16.4. The fourth-order valence-electron chi connectivity index (χ4n) is 4.08. The maximum Gasteiger partial charge on any atom is 0.234 e. The number of nitrogens with zero attached hydrogens (tertiary/aromatic N) is 1. The highest BCUT2D eigenvalue weighted by Gasteiger charge is 2.30. The molecule has 0 bridgehead atoms. The minimum absolute atomic E-state index is 0.0165. The number of hydrogen-bond acceptors (Lipinski definition) is 4. The van der Waals surface area contributed by atoms with Crippen LogP contribution in [0.4, 0.5) is 0 Å². The van der Waals surface area contributed by atoms with Gasteiger partial charge >= 0.3 is 0 Å². The van der Waals surface area contributed by atoms with Gasteiger partial charge in [0.15, 0.2) is 0 Å². The van der Waals surface area contributed by atoms with Crippen LogP contribution < -0.4 is 5.32 Å². The number of nitrogens with one attached hydrogen (secondary N) is 1. The maximum atomic E-state index is 12.5. The topological polar surface area (TPSA) is 83.6 Å². The summed E-state index contributed by atoms with van der Waals surface area (Å²) in [5, 5.41) is 2.85. The van der Waals surface area contributed by atoms with E-state index in [1.54, 1.807) is 16.4 Å². The van der Waals surface area contributed by atoms with Gasteiger partial charge in [-0.3, -0.25) is 14.9 Å². The van der Waals surface area contributed by atoms with Crippen molar-refractivity contribution in [2.24, 2.45) is 0 Å². The van der Waals surface area contributed by atoms with Gasteiger partial charge in [0, 0.05) is 25.1 Å². The molecule has 8 heteroatoms. The Kier molecular flexibility index (Phi) is 5.95. The molecule has 0 saturated carbocycles. The largest absolute Gasteiger partial charge is 0.296 e. The molecule has 2 aromatic carbocycles. The van der Waals surface area contributed by atoms with Gasteiger partial charge in [0.2, 0.25) is 21.8 Å². The smallest absolute Gasteiger partial charge is 0.234 e. The lowest BCUT2D eigenvalue weighted by atomic mass is 9.88. The van der Waals surface area contributed by atoms with Gasteiger partial charge in [0.1, 0.15) is 0 Å². The van der Waals surface area contributed by atoms with E-state index in [0.29, 0.717) is 30.1 Å². The van der Waals surface area contributed by atoms with Gasteiger partial charge in [-0.15, -0.1) is 0 Å². The third-order valence-electron chi connectivity index (χ3n) is 5.72. The van der Waals surface area contributed by atoms with Crippen molar-refractivity contribution in [2.45, 2.75) is 37.4 Å². The highest BCUT2D eigenvalue weighted by molar-refractivity contribution is 7.88. The summed E-state index contributed by atoms with van der Waals surface area (Å²) in [6, 6.07) is 12.8. The lowest BCUT2D eigenvalue weighted by Gasteiger charge is -2.23. The van der Waals surface area contributed by atoms with Crippen LogP contribution in [0.5, 0.6) is 0 Å². The molecule has 0 aromatic heterocycles. The van der Waals surface area contributed by atoms with Crippen LogP contribution in [0, 0.1) is 0 Å². The van der Waals surface area contributed by atoms with Crippen LogP contribution in [-0.2, 0) is 25.4 Å². The number of amides is 2. The highest BCUT2D eigenvalue weighted by Crippen LogP contribution is 2.37. The van der Waals surface area contributed by atoms with Gasteiger partial charge in [-0.05, 0) is 36.0 Å². The van der Waals surface area contributed by atoms with Crippen molar-refractivity contribution in [2.75, 3.05) is 13.1 Å². The second-order valence-corrected chi connectivity index (χ2v) is 10.1. The van der Waals surface area contributed by atoms with Crippen LogP contribution in [0.25, 0.3) is 11.1 Å². The summed E-state index contributed by atoms with van der Waals surface area (Å²) in [6.45, 7) is 1.20. The standard InChI is InChI=1S/C22H23ClN2O4S/c23-21-17(4-3-5-18(21)19-10-11-20(26)24-22(19)27)16-8-6-15(7-9-16)14-30(28,29)25-12-1-2-13-25/h3-9,19H,1-2,10-14H2,(H,24,26,27). The number of rotatable bonds is 5. The maximum absolute atomic E-state index is 12.5. The van der Waals surface area contributed by atoms with Crippen LogP contribution >= 0.6 is 11.6 Å². The van der Waals surface area contributed by atoms with Crippen molar-refractivity contribution in [1.29, 1.82) is 0 Å². The summed E-state index contributed by atoms with van der Waals surface area (Å²) < 4.78 is 26.6. The minimum Gasteiger partial charge on any atom is -0.296 e. The Morgan fingerprint density at radius 2 is 1.73 bits per heavy atom. The van der Waals surface area contributed by atoms with Crippen molar-refractivity contribution < 1.29 is 18.0 Å². The quantitative estimate of drug-likeness (QED) is 0.713. The zero-order chi connectivity index (χ0) is 21.3. The molecule has 2 saturated heterocycles. The molecule has 1 unspecified atom stereocenters. The SMILES string of the molecule is O=C1CCC(c2cccc(-c3ccc(CS(=O)(=O)N4CCCC4)cc3)c2Cl)C(=O)N1. The Morgan fingerprint density at radius 1 is 1.03 bits per heavy atom. The summed E-state index contributed by atoms with van der Waals surface area (Å²) in [7, 11) is -3.30. The molecular formula is C22H23ClN2O4S. The summed E-state index contributed by atoms with van der Waals surface area (Å²) in [6.07, 6.45) is 2.55. The van der Waals surface area contributed by atoms with Gasteiger partial charge < -0.3 is 0 Å². The second kappa shape index (κ2) is 8.49. The Morgan fingerprint density at radius 3 is 2.40 bits per heavy atom. The van der Waals surface area contributed by atoms with Crippen LogP contribution in [0.3, 0.4) is 0 Å². The van der Waals surface area contributed by atoms with Gasteiger partial charge in [0.05, 0.1) is 16.7 Å². The van der Waals surface area contributed by atoms with Crippen molar-refractivity contribution in [1.82, 2.24) is 9.62 Å². The third kappa shape index (κ3) is 4.29. The molecule has 1 N–H and O–H groups in total. The van der Waals surface area contributed by atoms with Gasteiger partial charge in [-0.2, -0.15) is 0 Å². The molecule has 2 fully saturated rings. The number of halogens is 1. The molecule has 30 heavy (non-hydrogen) atoms. The Balaban J connectivity index is 1.56. The highest BCUT2D eigenvalue weighted by atomic mass is 35.5. The first-order chi connectivity index (χ1) is 14.3. The van der Waals surface area contributed by atoms with Crippen molar-refractivity contribution in [3.8, 4) is 11.1 Å². The molecule has 2 aliphatic rings. The molecule has 2 heterocycles. The minimum atomic E-state index is -3.30. The molecule has 0 aliphatic carbocycles. The predicted octanol–water partition coefficient (Wildman–Crippen LogP) is 3.45. The molecule has 158 valence electrons. The number of carbonyl (C=O) groups is 2. The summed E-state index contributed by atoms with van der Waals surface area (Å²) in [5.41, 5.74) is 3.03. The number of sulfonamides is 1. The Bertz CT molecular complexity index is 1080. The monoisotopic (exact) mass is 446 g/mol. The van der Waals surface area contributed by atoms with E-state index in [-0.39, 0.29) is 24.0 Å². The third-order valence-corrected chi connectivity index (χ3v) is 7.99. The lowest BCUT2D eigenvalue weighted by molar-refractivity contribution is -0.134. The van der Waals surface area contributed by atoms with Gasteiger partial charge in [0.25, 0.3) is 0 Å². The number of imide groups is 1. The van der Waals surface area contributed by atoms with Crippen LogP contribution in [0.1, 0.15) is 42.7 Å². The van der Waals surface area contributed by atoms with Crippen molar-refractivity contribution >= 4 is 33.4 Å². The fourth-order valence-corrected chi connectivity index (χ4v) is 6.06. The molecule has 1 atom stereocenters. The Hall–Kier alpha value is -2.22. The first-order valence-corrected chi connectivity index (χ1v) is 12.0. The molecule has 2 aliphatic heterocycles. The first-order valence-electron chi connectivity index (χ1n) is 10.0. The normalized spacial score (nSPS) is 20.4. The van der Waals surface area contributed by atoms with E-state index in [4.69, 9.17) is 11.6 Å². The van der Waals surface area contributed by atoms with Crippen molar-refractivity contribution in [3.63, 3.8) is 0 Å².